The van der Waals surface area contributed by atoms with Gasteiger partial charge in [-0.05, 0) is 36.8 Å². The fraction of sp³-hybridized carbons (Fsp3) is 0.0667. The minimum absolute atomic E-state index is 0.271. The molecule has 0 saturated heterocycles. The van der Waals surface area contributed by atoms with Crippen molar-refractivity contribution in [3.8, 4) is 0 Å². The van der Waals surface area contributed by atoms with Crippen molar-refractivity contribution in [3.63, 3.8) is 0 Å². The van der Waals surface area contributed by atoms with Gasteiger partial charge in [-0.15, -0.1) is 0 Å². The molecule has 5 heteroatoms. The number of nitrogens with zero attached hydrogens (tertiary/aromatic N) is 1. The highest BCUT2D eigenvalue weighted by Crippen LogP contribution is 2.26. The first kappa shape index (κ1) is 13.4. The van der Waals surface area contributed by atoms with E-state index in [2.05, 4.69) is 15.9 Å². The monoisotopic (exact) mass is 349 g/mol. The Balaban J connectivity index is 2.30. The van der Waals surface area contributed by atoms with Gasteiger partial charge in [-0.1, -0.05) is 40.2 Å². The van der Waals surface area contributed by atoms with Gasteiger partial charge in [0.2, 0.25) is 0 Å². The fourth-order valence-corrected chi connectivity index (χ4v) is 4.27. The third kappa shape index (κ3) is 2.07. The number of para-hydroxylation sites is 1. The molecule has 2 aromatic carbocycles. The Kier molecular flexibility index (Phi) is 3.18. The summed E-state index contributed by atoms with van der Waals surface area (Å²) in [5.41, 5.74) is 1.64. The summed E-state index contributed by atoms with van der Waals surface area (Å²) in [7, 11) is -3.58. The summed E-state index contributed by atoms with van der Waals surface area (Å²) < 4.78 is 27.6. The lowest BCUT2D eigenvalue weighted by Gasteiger charge is -2.07. The van der Waals surface area contributed by atoms with E-state index in [1.54, 1.807) is 30.5 Å². The molecule has 0 fully saturated rings. The number of hydrogen-bond acceptors (Lipinski definition) is 2. The molecule has 0 aliphatic rings. The standard InChI is InChI=1S/C15H12BrNO2S/c1-11-10-17(15-8-3-2-7-14(11)15)20(18,19)13-6-4-5-12(16)9-13/h2-10H,1H3. The smallest absolute Gasteiger partial charge is 0.241 e. The normalized spacial score (nSPS) is 11.9. The van der Waals surface area contributed by atoms with Crippen LogP contribution in [0.5, 0.6) is 0 Å². The van der Waals surface area contributed by atoms with Gasteiger partial charge in [-0.25, -0.2) is 12.4 Å². The maximum absolute atomic E-state index is 12.8. The zero-order valence-electron chi connectivity index (χ0n) is 10.7. The van der Waals surface area contributed by atoms with E-state index in [9.17, 15) is 8.42 Å². The van der Waals surface area contributed by atoms with Crippen LogP contribution in [0.25, 0.3) is 10.9 Å². The first-order valence-corrected chi connectivity index (χ1v) is 8.31. The fourth-order valence-electron chi connectivity index (χ4n) is 2.25. The molecule has 0 aliphatic heterocycles. The van der Waals surface area contributed by atoms with Crippen LogP contribution in [-0.2, 0) is 10.0 Å². The van der Waals surface area contributed by atoms with Crippen molar-refractivity contribution >= 4 is 36.9 Å². The average Bonchev–Trinajstić information content (AvgIpc) is 2.78. The molecule has 1 aromatic heterocycles. The van der Waals surface area contributed by atoms with Crippen molar-refractivity contribution in [3.05, 3.63) is 64.8 Å². The molecule has 3 nitrogen and oxygen atoms in total. The highest BCUT2D eigenvalue weighted by Gasteiger charge is 2.20. The van der Waals surface area contributed by atoms with Crippen LogP contribution in [0.3, 0.4) is 0 Å². The molecule has 20 heavy (non-hydrogen) atoms. The molecule has 0 bridgehead atoms. The highest BCUT2D eigenvalue weighted by atomic mass is 79.9. The third-order valence-electron chi connectivity index (χ3n) is 3.23. The van der Waals surface area contributed by atoms with Gasteiger partial charge >= 0.3 is 0 Å². The van der Waals surface area contributed by atoms with E-state index in [0.29, 0.717) is 5.52 Å². The minimum Gasteiger partial charge on any atom is -0.241 e. The molecule has 0 unspecified atom stereocenters. The average molecular weight is 350 g/mol. The Morgan fingerprint density at radius 1 is 1.05 bits per heavy atom. The summed E-state index contributed by atoms with van der Waals surface area (Å²) in [6, 6.07) is 14.2. The molecule has 102 valence electrons. The number of rotatable bonds is 2. The summed E-state index contributed by atoms with van der Waals surface area (Å²) in [4.78, 5) is 0.271. The number of aromatic nitrogens is 1. The number of hydrogen-bond donors (Lipinski definition) is 0. The Morgan fingerprint density at radius 2 is 1.80 bits per heavy atom. The van der Waals surface area contributed by atoms with E-state index in [0.717, 1.165) is 15.4 Å². The van der Waals surface area contributed by atoms with Crippen molar-refractivity contribution in [2.45, 2.75) is 11.8 Å². The van der Waals surface area contributed by atoms with E-state index in [-0.39, 0.29) is 4.90 Å². The Morgan fingerprint density at radius 3 is 2.55 bits per heavy atom. The molecule has 1 heterocycles. The van der Waals surface area contributed by atoms with Gasteiger partial charge in [0.25, 0.3) is 10.0 Å². The van der Waals surface area contributed by atoms with Crippen LogP contribution < -0.4 is 0 Å². The molecule has 0 saturated carbocycles. The summed E-state index contributed by atoms with van der Waals surface area (Å²) in [6.07, 6.45) is 1.67. The lowest BCUT2D eigenvalue weighted by atomic mass is 10.2. The van der Waals surface area contributed by atoms with E-state index in [4.69, 9.17) is 0 Å². The highest BCUT2D eigenvalue weighted by molar-refractivity contribution is 9.10. The molecular formula is C15H12BrNO2S. The summed E-state index contributed by atoms with van der Waals surface area (Å²) in [5, 5.41) is 0.950. The zero-order chi connectivity index (χ0) is 14.3. The third-order valence-corrected chi connectivity index (χ3v) is 5.39. The predicted molar refractivity (Wildman–Crippen MR) is 83.4 cm³/mol. The molecule has 3 rings (SSSR count). The van der Waals surface area contributed by atoms with Crippen molar-refractivity contribution in [1.29, 1.82) is 0 Å². The van der Waals surface area contributed by atoms with Gasteiger partial charge in [0.1, 0.15) is 0 Å². The van der Waals surface area contributed by atoms with E-state index >= 15 is 0 Å². The number of aryl methyl sites for hydroxylation is 1. The second-order valence-electron chi connectivity index (χ2n) is 4.59. The zero-order valence-corrected chi connectivity index (χ0v) is 13.1. The summed E-state index contributed by atoms with van der Waals surface area (Å²) in [5.74, 6) is 0. The molecule has 0 spiro atoms. The van der Waals surface area contributed by atoms with Crippen LogP contribution >= 0.6 is 15.9 Å². The van der Waals surface area contributed by atoms with E-state index in [1.807, 2.05) is 31.2 Å². The maximum Gasteiger partial charge on any atom is 0.268 e. The second kappa shape index (κ2) is 4.75. The number of halogens is 1. The number of benzene rings is 2. The molecule has 0 amide bonds. The largest absolute Gasteiger partial charge is 0.268 e. The van der Waals surface area contributed by atoms with E-state index < -0.39 is 10.0 Å². The van der Waals surface area contributed by atoms with Crippen LogP contribution in [0.4, 0.5) is 0 Å². The van der Waals surface area contributed by atoms with Gasteiger partial charge in [-0.2, -0.15) is 0 Å². The van der Waals surface area contributed by atoms with Gasteiger partial charge in [0.15, 0.2) is 0 Å². The van der Waals surface area contributed by atoms with Crippen LogP contribution in [0, 0.1) is 6.92 Å². The molecular weight excluding hydrogens is 338 g/mol. The van der Waals surface area contributed by atoms with Gasteiger partial charge < -0.3 is 0 Å². The SMILES string of the molecule is Cc1cn(S(=O)(=O)c2cccc(Br)c2)c2ccccc12. The Bertz CT molecular complexity index is 897. The Hall–Kier alpha value is -1.59. The van der Waals surface area contributed by atoms with Gasteiger partial charge in [-0.3, -0.25) is 0 Å². The molecule has 0 N–H and O–H groups in total. The van der Waals surface area contributed by atoms with E-state index in [1.165, 1.54) is 3.97 Å². The maximum atomic E-state index is 12.8. The lowest BCUT2D eigenvalue weighted by Crippen LogP contribution is -2.11. The summed E-state index contributed by atoms with van der Waals surface area (Å²) in [6.45, 7) is 1.91. The van der Waals surface area contributed by atoms with Crippen LogP contribution in [0.2, 0.25) is 0 Å². The van der Waals surface area contributed by atoms with Crippen LogP contribution in [0.15, 0.2) is 64.1 Å². The van der Waals surface area contributed by atoms with Crippen molar-refractivity contribution < 1.29 is 8.42 Å². The van der Waals surface area contributed by atoms with Gasteiger partial charge in [0, 0.05) is 16.1 Å². The quantitative estimate of drug-likeness (QED) is 0.702. The molecule has 3 aromatic rings. The first-order chi connectivity index (χ1) is 9.50. The molecule has 0 radical (unpaired) electrons. The predicted octanol–water partition coefficient (Wildman–Crippen LogP) is 3.95. The summed E-state index contributed by atoms with van der Waals surface area (Å²) >= 11 is 3.31. The van der Waals surface area contributed by atoms with Gasteiger partial charge in [0.05, 0.1) is 10.4 Å². The number of fused-ring (bicyclic) bond motifs is 1. The van der Waals surface area contributed by atoms with Crippen LogP contribution in [-0.4, -0.2) is 12.4 Å². The Labute approximate surface area is 126 Å². The van der Waals surface area contributed by atoms with Crippen molar-refractivity contribution in [2.75, 3.05) is 0 Å². The lowest BCUT2D eigenvalue weighted by molar-refractivity contribution is 0.589. The molecule has 0 atom stereocenters. The molecule has 0 aliphatic carbocycles. The first-order valence-electron chi connectivity index (χ1n) is 6.08. The van der Waals surface area contributed by atoms with Crippen LogP contribution in [0.1, 0.15) is 5.56 Å². The minimum atomic E-state index is -3.58. The topological polar surface area (TPSA) is 39.1 Å². The second-order valence-corrected chi connectivity index (χ2v) is 7.32. The van der Waals surface area contributed by atoms with Crippen molar-refractivity contribution in [1.82, 2.24) is 3.97 Å². The van der Waals surface area contributed by atoms with Crippen molar-refractivity contribution in [2.24, 2.45) is 0 Å².